The quantitative estimate of drug-likeness (QED) is 0.844. The standard InChI is InChI=1S/C17H26ClN/c1-12(2)13(3)16(4,19)17(10-5-11-17)14-6-8-15(18)9-7-14/h6-9,12-13H,5,10-11,19H2,1-4H3. The average molecular weight is 280 g/mol. The van der Waals surface area contributed by atoms with E-state index in [1.165, 1.54) is 24.8 Å². The molecule has 0 radical (unpaired) electrons. The van der Waals surface area contributed by atoms with Gasteiger partial charge in [0.25, 0.3) is 0 Å². The van der Waals surface area contributed by atoms with Gasteiger partial charge in [-0.3, -0.25) is 0 Å². The zero-order chi connectivity index (χ0) is 14.3. The topological polar surface area (TPSA) is 26.0 Å². The van der Waals surface area contributed by atoms with Crippen molar-refractivity contribution in [1.82, 2.24) is 0 Å². The van der Waals surface area contributed by atoms with E-state index in [2.05, 4.69) is 39.8 Å². The Morgan fingerprint density at radius 2 is 1.68 bits per heavy atom. The van der Waals surface area contributed by atoms with Crippen molar-refractivity contribution in [2.75, 3.05) is 0 Å². The van der Waals surface area contributed by atoms with Crippen molar-refractivity contribution in [2.45, 2.75) is 57.9 Å². The van der Waals surface area contributed by atoms with Gasteiger partial charge in [0.05, 0.1) is 0 Å². The summed E-state index contributed by atoms with van der Waals surface area (Å²) in [5, 5.41) is 0.800. The van der Waals surface area contributed by atoms with Crippen molar-refractivity contribution in [3.05, 3.63) is 34.9 Å². The molecule has 1 aromatic carbocycles. The maximum Gasteiger partial charge on any atom is 0.0406 e. The third kappa shape index (κ3) is 2.32. The fourth-order valence-corrected chi connectivity index (χ4v) is 3.69. The van der Waals surface area contributed by atoms with Crippen molar-refractivity contribution in [3.8, 4) is 0 Å². The molecule has 1 aliphatic rings. The number of halogens is 1. The Hall–Kier alpha value is -0.530. The van der Waals surface area contributed by atoms with Gasteiger partial charge in [-0.2, -0.15) is 0 Å². The molecule has 1 nitrogen and oxygen atoms in total. The molecule has 2 atom stereocenters. The van der Waals surface area contributed by atoms with Gasteiger partial charge in [0.2, 0.25) is 0 Å². The summed E-state index contributed by atoms with van der Waals surface area (Å²) in [6.07, 6.45) is 3.66. The largest absolute Gasteiger partial charge is 0.324 e. The summed E-state index contributed by atoms with van der Waals surface area (Å²) < 4.78 is 0. The van der Waals surface area contributed by atoms with Crippen LogP contribution >= 0.6 is 11.6 Å². The lowest BCUT2D eigenvalue weighted by atomic mass is 9.50. The normalized spacial score (nSPS) is 22.7. The smallest absolute Gasteiger partial charge is 0.0406 e. The Kier molecular flexibility index (Phi) is 3.99. The Morgan fingerprint density at radius 1 is 1.16 bits per heavy atom. The molecule has 2 heteroatoms. The minimum Gasteiger partial charge on any atom is -0.324 e. The molecule has 0 amide bonds. The van der Waals surface area contributed by atoms with E-state index in [9.17, 15) is 0 Å². The fraction of sp³-hybridized carbons (Fsp3) is 0.647. The van der Waals surface area contributed by atoms with Gasteiger partial charge in [0.15, 0.2) is 0 Å². The number of hydrogen-bond donors (Lipinski definition) is 1. The molecular weight excluding hydrogens is 254 g/mol. The number of hydrogen-bond acceptors (Lipinski definition) is 1. The highest BCUT2D eigenvalue weighted by Gasteiger charge is 2.53. The van der Waals surface area contributed by atoms with Crippen molar-refractivity contribution in [1.29, 1.82) is 0 Å². The first-order valence-electron chi connectivity index (χ1n) is 7.36. The van der Waals surface area contributed by atoms with E-state index in [1.807, 2.05) is 12.1 Å². The van der Waals surface area contributed by atoms with Gasteiger partial charge in [-0.05, 0) is 49.3 Å². The molecule has 1 aliphatic carbocycles. The van der Waals surface area contributed by atoms with Crippen molar-refractivity contribution >= 4 is 11.6 Å². The van der Waals surface area contributed by atoms with Gasteiger partial charge in [0, 0.05) is 16.0 Å². The van der Waals surface area contributed by atoms with Crippen LogP contribution in [0.4, 0.5) is 0 Å². The molecule has 1 fully saturated rings. The summed E-state index contributed by atoms with van der Waals surface area (Å²) in [6.45, 7) is 9.07. The van der Waals surface area contributed by atoms with Crippen LogP contribution in [0.15, 0.2) is 24.3 Å². The molecule has 106 valence electrons. The maximum atomic E-state index is 6.84. The molecule has 0 aliphatic heterocycles. The first-order valence-corrected chi connectivity index (χ1v) is 7.74. The second kappa shape index (κ2) is 5.10. The van der Waals surface area contributed by atoms with Crippen LogP contribution in [0.5, 0.6) is 0 Å². The minimum absolute atomic E-state index is 0.126. The number of nitrogens with two attached hydrogens (primary N) is 1. The maximum absolute atomic E-state index is 6.84. The van der Waals surface area contributed by atoms with Crippen LogP contribution in [0.25, 0.3) is 0 Å². The highest BCUT2D eigenvalue weighted by molar-refractivity contribution is 6.30. The van der Waals surface area contributed by atoms with E-state index in [0.717, 1.165) is 5.02 Å². The van der Waals surface area contributed by atoms with E-state index < -0.39 is 0 Å². The van der Waals surface area contributed by atoms with Gasteiger partial charge in [-0.15, -0.1) is 0 Å². The highest BCUT2D eigenvalue weighted by atomic mass is 35.5. The summed E-state index contributed by atoms with van der Waals surface area (Å²) in [4.78, 5) is 0. The van der Waals surface area contributed by atoms with Crippen LogP contribution in [-0.2, 0) is 5.41 Å². The summed E-state index contributed by atoms with van der Waals surface area (Å²) in [5.74, 6) is 1.09. The first-order chi connectivity index (χ1) is 8.81. The lowest BCUT2D eigenvalue weighted by molar-refractivity contribution is 0.0617. The van der Waals surface area contributed by atoms with Crippen LogP contribution in [0.2, 0.25) is 5.02 Å². The predicted molar refractivity (Wildman–Crippen MR) is 83.6 cm³/mol. The van der Waals surface area contributed by atoms with Crippen molar-refractivity contribution < 1.29 is 0 Å². The first kappa shape index (κ1) is 14.9. The van der Waals surface area contributed by atoms with Crippen molar-refractivity contribution in [3.63, 3.8) is 0 Å². The van der Waals surface area contributed by atoms with E-state index in [4.69, 9.17) is 17.3 Å². The van der Waals surface area contributed by atoms with Gasteiger partial charge in [0.1, 0.15) is 0 Å². The van der Waals surface area contributed by atoms with Crippen molar-refractivity contribution in [2.24, 2.45) is 17.6 Å². The average Bonchev–Trinajstić information content (AvgIpc) is 2.28. The van der Waals surface area contributed by atoms with Crippen LogP contribution in [0.1, 0.15) is 52.5 Å². The molecule has 0 heterocycles. The molecule has 0 bridgehead atoms. The third-order valence-corrected chi connectivity index (χ3v) is 5.83. The van der Waals surface area contributed by atoms with E-state index in [-0.39, 0.29) is 11.0 Å². The summed E-state index contributed by atoms with van der Waals surface area (Å²) in [6, 6.07) is 8.32. The lowest BCUT2D eigenvalue weighted by Crippen LogP contribution is -2.64. The lowest BCUT2D eigenvalue weighted by Gasteiger charge is -2.57. The number of benzene rings is 1. The highest BCUT2D eigenvalue weighted by Crippen LogP contribution is 2.53. The van der Waals surface area contributed by atoms with Gasteiger partial charge in [-0.25, -0.2) is 0 Å². The molecule has 2 unspecified atom stereocenters. The van der Waals surface area contributed by atoms with Crippen LogP contribution in [0, 0.1) is 11.8 Å². The zero-order valence-electron chi connectivity index (χ0n) is 12.5. The van der Waals surface area contributed by atoms with Gasteiger partial charge >= 0.3 is 0 Å². The summed E-state index contributed by atoms with van der Waals surface area (Å²) in [5.41, 5.74) is 8.15. The third-order valence-electron chi connectivity index (χ3n) is 5.58. The molecule has 1 saturated carbocycles. The Morgan fingerprint density at radius 3 is 2.05 bits per heavy atom. The number of rotatable bonds is 4. The zero-order valence-corrected chi connectivity index (χ0v) is 13.3. The van der Waals surface area contributed by atoms with Gasteiger partial charge < -0.3 is 5.73 Å². The van der Waals surface area contributed by atoms with Gasteiger partial charge in [-0.1, -0.05) is 50.9 Å². The Labute approximate surface area is 122 Å². The summed E-state index contributed by atoms with van der Waals surface area (Å²) in [7, 11) is 0. The fourth-order valence-electron chi connectivity index (χ4n) is 3.57. The Balaban J connectivity index is 2.40. The summed E-state index contributed by atoms with van der Waals surface area (Å²) >= 11 is 6.02. The van der Waals surface area contributed by atoms with Crippen LogP contribution in [-0.4, -0.2) is 5.54 Å². The second-order valence-electron chi connectivity index (χ2n) is 6.76. The molecule has 2 rings (SSSR count). The molecule has 19 heavy (non-hydrogen) atoms. The molecule has 0 saturated heterocycles. The SMILES string of the molecule is CC(C)C(C)C(C)(N)C1(c2ccc(Cl)cc2)CCC1. The molecule has 1 aromatic rings. The van der Waals surface area contributed by atoms with E-state index in [0.29, 0.717) is 11.8 Å². The van der Waals surface area contributed by atoms with Crippen LogP contribution in [0.3, 0.4) is 0 Å². The van der Waals surface area contributed by atoms with E-state index >= 15 is 0 Å². The monoisotopic (exact) mass is 279 g/mol. The second-order valence-corrected chi connectivity index (χ2v) is 7.19. The predicted octanol–water partition coefficient (Wildman–Crippen LogP) is 4.77. The molecule has 0 spiro atoms. The molecule has 0 aromatic heterocycles. The minimum atomic E-state index is -0.173. The molecular formula is C17H26ClN. The van der Waals surface area contributed by atoms with Crippen LogP contribution < -0.4 is 5.73 Å². The van der Waals surface area contributed by atoms with E-state index in [1.54, 1.807) is 0 Å². The Bertz CT molecular complexity index is 429. The molecule has 2 N–H and O–H groups in total.